The van der Waals surface area contributed by atoms with Crippen molar-refractivity contribution in [2.45, 2.75) is 48.9 Å². The van der Waals surface area contributed by atoms with Crippen molar-refractivity contribution >= 4 is 27.6 Å². The zero-order chi connectivity index (χ0) is 21.3. The minimum Gasteiger partial charge on any atom is -0.480 e. The predicted octanol–water partition coefficient (Wildman–Crippen LogP) is 2.22. The van der Waals surface area contributed by atoms with Gasteiger partial charge in [0.1, 0.15) is 5.60 Å². The van der Waals surface area contributed by atoms with Crippen LogP contribution in [-0.2, 0) is 19.4 Å². The monoisotopic (exact) mass is 414 g/mol. The number of nitrogens with zero attached hydrogens (tertiary/aromatic N) is 2. The fourth-order valence-corrected chi connectivity index (χ4v) is 4.84. The van der Waals surface area contributed by atoms with Crippen molar-refractivity contribution < 1.29 is 32.8 Å². The molecule has 0 atom stereocenters. The number of rotatable bonds is 4. The van der Waals surface area contributed by atoms with Gasteiger partial charge in [0.15, 0.2) is 14.6 Å². The number of carboxylic acid groups (broad SMARTS) is 1. The molecule has 0 unspecified atom stereocenters. The van der Waals surface area contributed by atoms with E-state index in [0.29, 0.717) is 0 Å². The average Bonchev–Trinajstić information content (AvgIpc) is 2.60. The van der Waals surface area contributed by atoms with Gasteiger partial charge in [0, 0.05) is 25.2 Å². The topological polar surface area (TPSA) is 144 Å². The van der Waals surface area contributed by atoms with Crippen molar-refractivity contribution in [1.82, 2.24) is 4.90 Å². The molecule has 10 nitrogen and oxygen atoms in total. The lowest BCUT2D eigenvalue weighted by Gasteiger charge is -2.38. The van der Waals surface area contributed by atoms with E-state index in [0.717, 1.165) is 24.3 Å². The number of nitro benzene ring substituents is 1. The first-order valence-corrected chi connectivity index (χ1v) is 9.99. The molecule has 1 amide bonds. The first-order valence-electron chi connectivity index (χ1n) is 8.50. The lowest BCUT2D eigenvalue weighted by Crippen LogP contribution is -2.55. The standard InChI is InChI=1S/C17H22N2O8S/c1-16(2,3)27-15(22)18-10-8-17(9-11-18,14(20)21)28(25,26)13-6-4-12(5-7-13)19(23)24/h4-7H,8-11H2,1-3H3,(H,20,21). The van der Waals surface area contributed by atoms with Crippen LogP contribution < -0.4 is 0 Å². The summed E-state index contributed by atoms with van der Waals surface area (Å²) in [6.45, 7) is 4.86. The van der Waals surface area contributed by atoms with E-state index in [2.05, 4.69) is 0 Å². The summed E-state index contributed by atoms with van der Waals surface area (Å²) in [5.41, 5.74) is -1.04. The summed E-state index contributed by atoms with van der Waals surface area (Å²) in [4.78, 5) is 35.1. The number of likely N-dealkylation sites (tertiary alicyclic amines) is 1. The van der Waals surface area contributed by atoms with Gasteiger partial charge >= 0.3 is 12.1 Å². The van der Waals surface area contributed by atoms with Crippen molar-refractivity contribution in [3.05, 3.63) is 34.4 Å². The molecule has 1 N–H and O–H groups in total. The third kappa shape index (κ3) is 4.08. The normalized spacial score (nSPS) is 17.0. The summed E-state index contributed by atoms with van der Waals surface area (Å²) in [5, 5.41) is 20.5. The maximum absolute atomic E-state index is 13.1. The number of hydrogen-bond acceptors (Lipinski definition) is 7. The average molecular weight is 414 g/mol. The number of non-ortho nitro benzene ring substituents is 1. The van der Waals surface area contributed by atoms with Crippen LogP contribution in [0.5, 0.6) is 0 Å². The first kappa shape index (κ1) is 21.6. The fourth-order valence-electron chi connectivity index (χ4n) is 2.95. The molecule has 0 aliphatic carbocycles. The van der Waals surface area contributed by atoms with Crippen LogP contribution in [-0.4, -0.2) is 58.8 Å². The molecule has 1 heterocycles. The van der Waals surface area contributed by atoms with Gasteiger partial charge in [0.05, 0.1) is 9.82 Å². The van der Waals surface area contributed by atoms with E-state index in [4.69, 9.17) is 4.74 Å². The smallest absolute Gasteiger partial charge is 0.410 e. The molecule has 1 aromatic carbocycles. The number of aliphatic carboxylic acids is 1. The highest BCUT2D eigenvalue weighted by molar-refractivity contribution is 7.93. The molecule has 11 heteroatoms. The number of carbonyl (C=O) groups excluding carboxylic acids is 1. The lowest BCUT2D eigenvalue weighted by atomic mass is 9.96. The van der Waals surface area contributed by atoms with E-state index >= 15 is 0 Å². The second-order valence-corrected chi connectivity index (χ2v) is 9.78. The Kier molecular flexibility index (Phi) is 5.69. The van der Waals surface area contributed by atoms with E-state index in [-0.39, 0.29) is 36.5 Å². The summed E-state index contributed by atoms with van der Waals surface area (Å²) in [6, 6.07) is 4.08. The van der Waals surface area contributed by atoms with Crippen LogP contribution in [0.15, 0.2) is 29.2 Å². The maximum atomic E-state index is 13.1. The molecular formula is C17H22N2O8S. The van der Waals surface area contributed by atoms with E-state index < -0.39 is 37.2 Å². The molecule has 1 aliphatic heterocycles. The largest absolute Gasteiger partial charge is 0.480 e. The minimum absolute atomic E-state index is 0.104. The van der Waals surface area contributed by atoms with Gasteiger partial charge in [0.25, 0.3) is 5.69 Å². The molecular weight excluding hydrogens is 392 g/mol. The minimum atomic E-state index is -4.35. The van der Waals surface area contributed by atoms with Gasteiger partial charge in [-0.15, -0.1) is 0 Å². The quantitative estimate of drug-likeness (QED) is 0.583. The van der Waals surface area contributed by atoms with Crippen molar-refractivity contribution in [2.24, 2.45) is 0 Å². The third-order valence-electron chi connectivity index (χ3n) is 4.48. The zero-order valence-corrected chi connectivity index (χ0v) is 16.6. The third-order valence-corrected chi connectivity index (χ3v) is 6.99. The van der Waals surface area contributed by atoms with Crippen LogP contribution in [0.1, 0.15) is 33.6 Å². The van der Waals surface area contributed by atoms with Gasteiger partial charge in [-0.1, -0.05) is 0 Å². The molecule has 1 aromatic rings. The molecule has 1 fully saturated rings. The van der Waals surface area contributed by atoms with Gasteiger partial charge in [-0.2, -0.15) is 0 Å². The number of ether oxygens (including phenoxy) is 1. The summed E-state index contributed by atoms with van der Waals surface area (Å²) in [6.07, 6.45) is -1.28. The lowest BCUT2D eigenvalue weighted by molar-refractivity contribution is -0.384. The second-order valence-electron chi connectivity index (χ2n) is 7.52. The van der Waals surface area contributed by atoms with Crippen LogP contribution in [0.4, 0.5) is 10.5 Å². The molecule has 2 rings (SSSR count). The molecule has 28 heavy (non-hydrogen) atoms. The Morgan fingerprint density at radius 3 is 2.07 bits per heavy atom. The summed E-state index contributed by atoms with van der Waals surface area (Å²) in [7, 11) is -4.35. The zero-order valence-electron chi connectivity index (χ0n) is 15.7. The number of hydrogen-bond donors (Lipinski definition) is 1. The SMILES string of the molecule is CC(C)(C)OC(=O)N1CCC(C(=O)O)(S(=O)(=O)c2ccc([N+](=O)[O-])cc2)CC1. The Morgan fingerprint density at radius 1 is 1.18 bits per heavy atom. The fraction of sp³-hybridized carbons (Fsp3) is 0.529. The van der Waals surface area contributed by atoms with E-state index in [9.17, 15) is 33.2 Å². The Balaban J connectivity index is 2.29. The van der Waals surface area contributed by atoms with Gasteiger partial charge in [-0.3, -0.25) is 14.9 Å². The van der Waals surface area contributed by atoms with Crippen LogP contribution >= 0.6 is 0 Å². The van der Waals surface area contributed by atoms with Crippen molar-refractivity contribution in [2.75, 3.05) is 13.1 Å². The highest BCUT2D eigenvalue weighted by Gasteiger charge is 2.54. The molecule has 0 bridgehead atoms. The highest BCUT2D eigenvalue weighted by atomic mass is 32.2. The number of nitro groups is 1. The molecule has 154 valence electrons. The Hall–Kier alpha value is -2.69. The number of carbonyl (C=O) groups is 2. The van der Waals surface area contributed by atoms with Crippen LogP contribution in [0.2, 0.25) is 0 Å². The maximum Gasteiger partial charge on any atom is 0.410 e. The number of carboxylic acids is 1. The number of amides is 1. The summed E-state index contributed by atoms with van der Waals surface area (Å²) >= 11 is 0. The van der Waals surface area contributed by atoms with E-state index in [1.807, 2.05) is 0 Å². The predicted molar refractivity (Wildman–Crippen MR) is 97.7 cm³/mol. The van der Waals surface area contributed by atoms with Gasteiger partial charge in [0.2, 0.25) is 0 Å². The molecule has 0 saturated carbocycles. The van der Waals surface area contributed by atoms with Gasteiger partial charge in [-0.05, 0) is 45.7 Å². The Labute approximate surface area is 162 Å². The summed E-state index contributed by atoms with van der Waals surface area (Å²) in [5.74, 6) is -1.52. The Bertz CT molecular complexity index is 879. The molecule has 0 radical (unpaired) electrons. The summed E-state index contributed by atoms with van der Waals surface area (Å²) < 4.78 is 29.2. The molecule has 1 aliphatic rings. The van der Waals surface area contributed by atoms with Crippen molar-refractivity contribution in [3.63, 3.8) is 0 Å². The van der Waals surface area contributed by atoms with Crippen molar-refractivity contribution in [3.8, 4) is 0 Å². The van der Waals surface area contributed by atoms with Crippen LogP contribution in [0, 0.1) is 10.1 Å². The van der Waals surface area contributed by atoms with Crippen molar-refractivity contribution in [1.29, 1.82) is 0 Å². The molecule has 0 aromatic heterocycles. The van der Waals surface area contributed by atoms with Crippen LogP contribution in [0.25, 0.3) is 0 Å². The first-order chi connectivity index (χ1) is 12.8. The van der Waals surface area contributed by atoms with E-state index in [1.165, 1.54) is 4.90 Å². The molecule has 1 saturated heterocycles. The Morgan fingerprint density at radius 2 is 1.68 bits per heavy atom. The van der Waals surface area contributed by atoms with Crippen LogP contribution in [0.3, 0.4) is 0 Å². The number of sulfone groups is 1. The van der Waals surface area contributed by atoms with Gasteiger partial charge in [-0.25, -0.2) is 13.2 Å². The van der Waals surface area contributed by atoms with Gasteiger partial charge < -0.3 is 14.7 Å². The van der Waals surface area contributed by atoms with E-state index in [1.54, 1.807) is 20.8 Å². The number of piperidine rings is 1. The highest BCUT2D eigenvalue weighted by Crippen LogP contribution is 2.36. The second kappa shape index (κ2) is 7.38. The number of benzene rings is 1. The molecule has 0 spiro atoms.